The number of nitrogens with zero attached hydrogens (tertiary/aromatic N) is 1. The first-order valence-corrected chi connectivity index (χ1v) is 5.34. The number of aliphatic hydroxyl groups is 1. The third kappa shape index (κ3) is 4.00. The molecule has 0 bridgehead atoms. The molecule has 2 aromatic rings. The first-order chi connectivity index (χ1) is 8.17. The summed E-state index contributed by atoms with van der Waals surface area (Å²) in [7, 11) is 0. The van der Waals surface area contributed by atoms with E-state index in [1.165, 1.54) is 22.3 Å². The van der Waals surface area contributed by atoms with E-state index in [2.05, 4.69) is 62.4 Å². The summed E-state index contributed by atoms with van der Waals surface area (Å²) in [5.41, 5.74) is 5.22. The second-order valence-electron chi connectivity index (χ2n) is 3.84. The van der Waals surface area contributed by atoms with E-state index >= 15 is 0 Å². The molecular weight excluding hydrogens is 210 g/mol. The van der Waals surface area contributed by atoms with E-state index < -0.39 is 0 Å². The van der Waals surface area contributed by atoms with Gasteiger partial charge >= 0.3 is 0 Å². The standard InChI is InChI=1S/C14H14.CHNO/c1-11-5-3-7-13(9-11)14-8-4-6-12(2)10-14;2-1-3/h3-10H,1-2H3;3H. The summed E-state index contributed by atoms with van der Waals surface area (Å²) >= 11 is 0. The van der Waals surface area contributed by atoms with Crippen LogP contribution in [0, 0.1) is 25.4 Å². The highest BCUT2D eigenvalue weighted by Gasteiger charge is 1.96. The van der Waals surface area contributed by atoms with Crippen molar-refractivity contribution in [3.63, 3.8) is 0 Å². The molecule has 17 heavy (non-hydrogen) atoms. The molecule has 1 N–H and O–H groups in total. The van der Waals surface area contributed by atoms with Crippen molar-refractivity contribution in [3.8, 4) is 17.4 Å². The van der Waals surface area contributed by atoms with Gasteiger partial charge in [0.15, 0.2) is 0 Å². The van der Waals surface area contributed by atoms with Gasteiger partial charge < -0.3 is 5.11 Å². The van der Waals surface area contributed by atoms with Gasteiger partial charge in [0.05, 0.1) is 0 Å². The van der Waals surface area contributed by atoms with Gasteiger partial charge in [-0.2, -0.15) is 5.26 Å². The van der Waals surface area contributed by atoms with Crippen molar-refractivity contribution in [2.24, 2.45) is 0 Å². The Balaban J connectivity index is 0.000000437. The summed E-state index contributed by atoms with van der Waals surface area (Å²) in [4.78, 5) is 0. The first-order valence-electron chi connectivity index (χ1n) is 5.34. The van der Waals surface area contributed by atoms with E-state index in [0.717, 1.165) is 6.26 Å². The van der Waals surface area contributed by atoms with E-state index in [1.54, 1.807) is 0 Å². The van der Waals surface area contributed by atoms with Crippen molar-refractivity contribution in [1.29, 1.82) is 5.26 Å². The summed E-state index contributed by atoms with van der Waals surface area (Å²) in [6.07, 6.45) is 0.750. The monoisotopic (exact) mass is 225 g/mol. The van der Waals surface area contributed by atoms with Gasteiger partial charge in [-0.1, -0.05) is 59.7 Å². The Hall–Kier alpha value is -2.27. The summed E-state index contributed by atoms with van der Waals surface area (Å²) in [5, 5.41) is 13.8. The molecule has 2 nitrogen and oxygen atoms in total. The Morgan fingerprint density at radius 1 is 0.882 bits per heavy atom. The van der Waals surface area contributed by atoms with Crippen LogP contribution in [-0.4, -0.2) is 5.11 Å². The highest BCUT2D eigenvalue weighted by Crippen LogP contribution is 2.20. The number of nitriles is 1. The molecule has 0 aliphatic carbocycles. The average Bonchev–Trinajstić information content (AvgIpc) is 2.30. The number of hydrogen-bond donors (Lipinski definition) is 1. The Kier molecular flexibility index (Phi) is 4.77. The number of aryl methyl sites for hydroxylation is 2. The van der Waals surface area contributed by atoms with E-state index in [9.17, 15) is 0 Å². The van der Waals surface area contributed by atoms with Crippen LogP contribution in [0.25, 0.3) is 11.1 Å². The van der Waals surface area contributed by atoms with Crippen molar-refractivity contribution in [2.45, 2.75) is 13.8 Å². The molecule has 0 unspecified atom stereocenters. The van der Waals surface area contributed by atoms with Gasteiger partial charge in [-0.15, -0.1) is 0 Å². The molecule has 0 fully saturated rings. The van der Waals surface area contributed by atoms with Crippen molar-refractivity contribution in [2.75, 3.05) is 0 Å². The molecule has 0 spiro atoms. The Bertz CT molecular complexity index is 483. The van der Waals surface area contributed by atoms with E-state index in [-0.39, 0.29) is 0 Å². The van der Waals surface area contributed by atoms with Crippen LogP contribution in [0.2, 0.25) is 0 Å². The van der Waals surface area contributed by atoms with Crippen LogP contribution in [0.15, 0.2) is 48.5 Å². The Labute approximate surface area is 102 Å². The third-order valence-electron chi connectivity index (χ3n) is 2.37. The average molecular weight is 225 g/mol. The molecule has 2 heteroatoms. The lowest BCUT2D eigenvalue weighted by Gasteiger charge is -2.03. The second kappa shape index (κ2) is 6.34. The van der Waals surface area contributed by atoms with Crippen LogP contribution in [0.3, 0.4) is 0 Å². The molecule has 86 valence electrons. The van der Waals surface area contributed by atoms with Gasteiger partial charge in [0.25, 0.3) is 6.26 Å². The molecule has 0 aliphatic rings. The van der Waals surface area contributed by atoms with Gasteiger partial charge in [-0.25, -0.2) is 0 Å². The molecule has 0 atom stereocenters. The van der Waals surface area contributed by atoms with Gasteiger partial charge in [0, 0.05) is 0 Å². The zero-order valence-corrected chi connectivity index (χ0v) is 10.0. The Morgan fingerprint density at radius 3 is 1.53 bits per heavy atom. The molecule has 0 radical (unpaired) electrons. The molecule has 0 aromatic heterocycles. The summed E-state index contributed by atoms with van der Waals surface area (Å²) in [6, 6.07) is 17.2. The van der Waals surface area contributed by atoms with Gasteiger partial charge in [0.1, 0.15) is 0 Å². The van der Waals surface area contributed by atoms with E-state index in [4.69, 9.17) is 10.4 Å². The first kappa shape index (κ1) is 12.8. The Morgan fingerprint density at radius 2 is 1.24 bits per heavy atom. The summed E-state index contributed by atoms with van der Waals surface area (Å²) in [5.74, 6) is 0. The highest BCUT2D eigenvalue weighted by molar-refractivity contribution is 5.64. The minimum absolute atomic E-state index is 0.750. The lowest BCUT2D eigenvalue weighted by atomic mass is 10.0. The van der Waals surface area contributed by atoms with Crippen molar-refractivity contribution < 1.29 is 5.11 Å². The van der Waals surface area contributed by atoms with Crippen LogP contribution in [-0.2, 0) is 0 Å². The van der Waals surface area contributed by atoms with Crippen LogP contribution in [0.4, 0.5) is 0 Å². The zero-order valence-electron chi connectivity index (χ0n) is 10.0. The van der Waals surface area contributed by atoms with Crippen LogP contribution < -0.4 is 0 Å². The maximum absolute atomic E-state index is 6.88. The van der Waals surface area contributed by atoms with Crippen molar-refractivity contribution in [3.05, 3.63) is 59.7 Å². The number of rotatable bonds is 1. The van der Waals surface area contributed by atoms with Crippen LogP contribution in [0.5, 0.6) is 0 Å². The normalized spacial score (nSPS) is 8.76. The zero-order chi connectivity index (χ0) is 12.7. The van der Waals surface area contributed by atoms with Gasteiger partial charge in [-0.05, 0) is 25.0 Å². The largest absolute Gasteiger partial charge is 0.443 e. The highest BCUT2D eigenvalue weighted by atomic mass is 16.2. The van der Waals surface area contributed by atoms with Crippen molar-refractivity contribution in [1.82, 2.24) is 0 Å². The minimum Gasteiger partial charge on any atom is -0.443 e. The molecule has 2 rings (SSSR count). The lowest BCUT2D eigenvalue weighted by Crippen LogP contribution is -1.80. The van der Waals surface area contributed by atoms with Crippen molar-refractivity contribution >= 4 is 0 Å². The molecule has 0 aliphatic heterocycles. The summed E-state index contributed by atoms with van der Waals surface area (Å²) in [6.45, 7) is 4.25. The lowest BCUT2D eigenvalue weighted by molar-refractivity contribution is 0.503. The second-order valence-corrected chi connectivity index (χ2v) is 3.84. The third-order valence-corrected chi connectivity index (χ3v) is 2.37. The van der Waals surface area contributed by atoms with E-state index in [0.29, 0.717) is 0 Å². The fourth-order valence-electron chi connectivity index (χ4n) is 1.65. The molecule has 0 amide bonds. The molecule has 0 saturated carbocycles. The number of benzene rings is 2. The number of aliphatic hydroxyl groups excluding tert-OH is 1. The SMILES string of the molecule is Cc1cccc(-c2cccc(C)c2)c1.N#CO. The van der Waals surface area contributed by atoms with Gasteiger partial charge in [0.2, 0.25) is 0 Å². The minimum atomic E-state index is 0.750. The fourth-order valence-corrected chi connectivity index (χ4v) is 1.65. The molecule has 2 aromatic carbocycles. The topological polar surface area (TPSA) is 44.0 Å². The van der Waals surface area contributed by atoms with Gasteiger partial charge in [-0.3, -0.25) is 0 Å². The molecule has 0 heterocycles. The predicted octanol–water partition coefficient (Wildman–Crippen LogP) is 3.81. The quantitative estimate of drug-likeness (QED) is 0.750. The summed E-state index contributed by atoms with van der Waals surface area (Å²) < 4.78 is 0. The number of hydrogen-bond acceptors (Lipinski definition) is 2. The molecular formula is C15H15NO. The molecule has 0 saturated heterocycles. The maximum Gasteiger partial charge on any atom is 0.283 e. The smallest absolute Gasteiger partial charge is 0.283 e. The maximum atomic E-state index is 6.88. The fraction of sp³-hybridized carbons (Fsp3) is 0.133. The predicted molar refractivity (Wildman–Crippen MR) is 68.9 cm³/mol. The van der Waals surface area contributed by atoms with Crippen LogP contribution in [0.1, 0.15) is 11.1 Å². The van der Waals surface area contributed by atoms with Crippen LogP contribution >= 0.6 is 0 Å². The van der Waals surface area contributed by atoms with E-state index in [1.807, 2.05) is 0 Å².